The van der Waals surface area contributed by atoms with E-state index in [9.17, 15) is 18.0 Å². The number of benzene rings is 1. The van der Waals surface area contributed by atoms with Crippen LogP contribution in [0.3, 0.4) is 0 Å². The first-order chi connectivity index (χ1) is 14.8. The molecule has 0 radical (unpaired) electrons. The number of amides is 2. The Morgan fingerprint density at radius 1 is 1.10 bits per heavy atom. The Morgan fingerprint density at radius 3 is 2.52 bits per heavy atom. The van der Waals surface area contributed by atoms with Crippen molar-refractivity contribution in [3.05, 3.63) is 29.8 Å². The van der Waals surface area contributed by atoms with Crippen molar-refractivity contribution in [2.75, 3.05) is 6.54 Å². The zero-order valence-corrected chi connectivity index (χ0v) is 18.9. The molecule has 0 aromatic heterocycles. The molecule has 2 amide bonds. The lowest BCUT2D eigenvalue weighted by Gasteiger charge is -2.46. The van der Waals surface area contributed by atoms with Crippen LogP contribution in [-0.4, -0.2) is 43.2 Å². The highest BCUT2D eigenvalue weighted by Gasteiger charge is 2.43. The molecule has 2 aliphatic carbocycles. The van der Waals surface area contributed by atoms with E-state index in [1.165, 1.54) is 47.8 Å². The van der Waals surface area contributed by atoms with Crippen LogP contribution in [0.15, 0.2) is 29.2 Å². The van der Waals surface area contributed by atoms with Gasteiger partial charge < -0.3 is 11.1 Å². The second kappa shape index (κ2) is 8.90. The van der Waals surface area contributed by atoms with Gasteiger partial charge in [0.2, 0.25) is 21.8 Å². The summed E-state index contributed by atoms with van der Waals surface area (Å²) in [4.78, 5) is 24.7. The lowest BCUT2D eigenvalue weighted by atomic mass is 9.64. The third kappa shape index (κ3) is 4.37. The van der Waals surface area contributed by atoms with Gasteiger partial charge in [0.05, 0.1) is 4.90 Å². The molecular formula is C23H33N3O4S. The van der Waals surface area contributed by atoms with Gasteiger partial charge >= 0.3 is 0 Å². The van der Waals surface area contributed by atoms with Crippen molar-refractivity contribution in [1.82, 2.24) is 9.62 Å². The fourth-order valence-electron chi connectivity index (χ4n) is 5.97. The monoisotopic (exact) mass is 447 g/mol. The standard InChI is InChI=1S/C23H33N3O4S/c1-2-16-13-15-5-3-6-18(14-15)21(16)25-23(28)20-7-4-12-26(20)31(29,30)19-10-8-17(9-11-19)22(24)27/h8-11,15-16,18,20-21H,2-7,12-14H2,1H3,(H2,24,27)(H,25,28). The zero-order valence-electron chi connectivity index (χ0n) is 18.1. The number of carbonyl (C=O) groups excluding carboxylic acids is 2. The molecule has 7 nitrogen and oxygen atoms in total. The minimum absolute atomic E-state index is 0.0800. The molecule has 170 valence electrons. The van der Waals surface area contributed by atoms with Crippen LogP contribution in [0.2, 0.25) is 0 Å². The summed E-state index contributed by atoms with van der Waals surface area (Å²) in [5, 5.41) is 3.29. The van der Waals surface area contributed by atoms with E-state index in [1.54, 1.807) is 0 Å². The molecule has 1 aromatic carbocycles. The first kappa shape index (κ1) is 22.3. The van der Waals surface area contributed by atoms with E-state index in [2.05, 4.69) is 12.2 Å². The minimum atomic E-state index is -3.83. The number of sulfonamides is 1. The molecule has 8 heteroatoms. The van der Waals surface area contributed by atoms with E-state index < -0.39 is 22.0 Å². The maximum atomic E-state index is 13.3. The first-order valence-electron chi connectivity index (χ1n) is 11.5. The van der Waals surface area contributed by atoms with Crippen molar-refractivity contribution in [2.24, 2.45) is 23.5 Å². The summed E-state index contributed by atoms with van der Waals surface area (Å²) in [6.07, 6.45) is 8.25. The predicted octanol–water partition coefficient (Wildman–Crippen LogP) is 2.66. The summed E-state index contributed by atoms with van der Waals surface area (Å²) in [5.74, 6) is 0.992. The Balaban J connectivity index is 1.50. The van der Waals surface area contributed by atoms with Gasteiger partial charge in [0.25, 0.3) is 0 Å². The fraction of sp³-hybridized carbons (Fsp3) is 0.652. The van der Waals surface area contributed by atoms with Crippen molar-refractivity contribution < 1.29 is 18.0 Å². The van der Waals surface area contributed by atoms with Crippen LogP contribution in [0.25, 0.3) is 0 Å². The van der Waals surface area contributed by atoms with Gasteiger partial charge in [0, 0.05) is 18.2 Å². The van der Waals surface area contributed by atoms with Crippen molar-refractivity contribution in [3.8, 4) is 0 Å². The van der Waals surface area contributed by atoms with Crippen LogP contribution in [0.5, 0.6) is 0 Å². The van der Waals surface area contributed by atoms with Gasteiger partial charge in [0.15, 0.2) is 0 Å². The number of carbonyl (C=O) groups is 2. The van der Waals surface area contributed by atoms with Crippen molar-refractivity contribution in [3.63, 3.8) is 0 Å². The van der Waals surface area contributed by atoms with E-state index >= 15 is 0 Å². The number of hydrogen-bond donors (Lipinski definition) is 2. The van der Waals surface area contributed by atoms with Crippen LogP contribution in [0, 0.1) is 17.8 Å². The summed E-state index contributed by atoms with van der Waals surface area (Å²) >= 11 is 0. The Bertz CT molecular complexity index is 929. The lowest BCUT2D eigenvalue weighted by Crippen LogP contribution is -2.55. The van der Waals surface area contributed by atoms with Gasteiger partial charge in [-0.05, 0) is 74.1 Å². The molecule has 1 aromatic rings. The molecule has 3 aliphatic rings. The maximum Gasteiger partial charge on any atom is 0.248 e. The number of nitrogens with zero attached hydrogens (tertiary/aromatic N) is 1. The second-order valence-corrected chi connectivity index (χ2v) is 11.3. The molecule has 2 saturated carbocycles. The summed E-state index contributed by atoms with van der Waals surface area (Å²) in [6, 6.07) is 5.06. The quantitative estimate of drug-likeness (QED) is 0.698. The van der Waals surface area contributed by atoms with Crippen molar-refractivity contribution in [2.45, 2.75) is 75.3 Å². The molecule has 5 unspecified atom stereocenters. The Hall–Kier alpha value is -1.93. The Morgan fingerprint density at radius 2 is 1.84 bits per heavy atom. The van der Waals surface area contributed by atoms with Gasteiger partial charge in [-0.3, -0.25) is 9.59 Å². The molecule has 5 atom stereocenters. The number of hydrogen-bond acceptors (Lipinski definition) is 4. The van der Waals surface area contributed by atoms with Crippen LogP contribution in [-0.2, 0) is 14.8 Å². The largest absolute Gasteiger partial charge is 0.366 e. The number of nitrogens with one attached hydrogen (secondary N) is 1. The number of nitrogens with two attached hydrogens (primary N) is 1. The van der Waals surface area contributed by atoms with Gasteiger partial charge in [-0.1, -0.05) is 26.2 Å². The Kier molecular flexibility index (Phi) is 6.40. The second-order valence-electron chi connectivity index (χ2n) is 9.39. The molecule has 0 spiro atoms. The summed E-state index contributed by atoms with van der Waals surface area (Å²) in [7, 11) is -3.83. The molecular weight excluding hydrogens is 414 g/mol. The van der Waals surface area contributed by atoms with Crippen molar-refractivity contribution >= 4 is 21.8 Å². The summed E-state index contributed by atoms with van der Waals surface area (Å²) < 4.78 is 27.8. The average molecular weight is 448 g/mol. The van der Waals surface area contributed by atoms with E-state index in [0.29, 0.717) is 31.2 Å². The van der Waals surface area contributed by atoms with Crippen LogP contribution < -0.4 is 11.1 Å². The summed E-state index contributed by atoms with van der Waals surface area (Å²) in [6.45, 7) is 2.51. The number of rotatable bonds is 6. The lowest BCUT2D eigenvalue weighted by molar-refractivity contribution is -0.126. The molecule has 4 rings (SSSR count). The van der Waals surface area contributed by atoms with Gasteiger partial charge in [-0.25, -0.2) is 8.42 Å². The van der Waals surface area contributed by atoms with E-state index in [1.807, 2.05) is 0 Å². The van der Waals surface area contributed by atoms with E-state index in [-0.39, 0.29) is 22.4 Å². The highest BCUT2D eigenvalue weighted by Crippen LogP contribution is 2.44. The van der Waals surface area contributed by atoms with E-state index in [4.69, 9.17) is 5.73 Å². The third-order valence-electron chi connectivity index (χ3n) is 7.56. The normalized spacial score (nSPS) is 31.3. The Labute approximate surface area is 184 Å². The maximum absolute atomic E-state index is 13.3. The van der Waals surface area contributed by atoms with E-state index in [0.717, 1.165) is 25.2 Å². The number of fused-ring (bicyclic) bond motifs is 2. The van der Waals surface area contributed by atoms with Crippen LogP contribution >= 0.6 is 0 Å². The molecule has 3 N–H and O–H groups in total. The van der Waals surface area contributed by atoms with Gasteiger partial charge in [0.1, 0.15) is 6.04 Å². The summed E-state index contributed by atoms with van der Waals surface area (Å²) in [5.41, 5.74) is 5.51. The predicted molar refractivity (Wildman–Crippen MR) is 118 cm³/mol. The molecule has 2 bridgehead atoms. The highest BCUT2D eigenvalue weighted by atomic mass is 32.2. The average Bonchev–Trinajstić information content (AvgIpc) is 3.27. The first-order valence-corrected chi connectivity index (χ1v) is 13.0. The topological polar surface area (TPSA) is 110 Å². The highest BCUT2D eigenvalue weighted by molar-refractivity contribution is 7.89. The van der Waals surface area contributed by atoms with Gasteiger partial charge in [-0.15, -0.1) is 0 Å². The third-order valence-corrected chi connectivity index (χ3v) is 9.48. The smallest absolute Gasteiger partial charge is 0.248 e. The van der Waals surface area contributed by atoms with Gasteiger partial charge in [-0.2, -0.15) is 4.31 Å². The molecule has 1 heterocycles. The zero-order chi connectivity index (χ0) is 22.2. The molecule has 3 fully saturated rings. The minimum Gasteiger partial charge on any atom is -0.366 e. The molecule has 31 heavy (non-hydrogen) atoms. The SMILES string of the molecule is CCC1CC2CCCC(C2)C1NC(=O)C1CCCN1S(=O)(=O)c1ccc(C(N)=O)cc1. The number of primary amides is 1. The fourth-order valence-corrected chi connectivity index (χ4v) is 7.62. The molecule has 1 aliphatic heterocycles. The van der Waals surface area contributed by atoms with Crippen LogP contribution in [0.4, 0.5) is 0 Å². The molecule has 1 saturated heterocycles. The van der Waals surface area contributed by atoms with Crippen LogP contribution in [0.1, 0.15) is 68.6 Å². The van der Waals surface area contributed by atoms with Crippen molar-refractivity contribution in [1.29, 1.82) is 0 Å².